The molecule has 0 unspecified atom stereocenters. The number of aliphatic hydroxyl groups is 3. The summed E-state index contributed by atoms with van der Waals surface area (Å²) in [5.41, 5.74) is 4.16. The van der Waals surface area contributed by atoms with Crippen molar-refractivity contribution in [2.45, 2.75) is 44.9 Å². The minimum atomic E-state index is -2.65. The van der Waals surface area contributed by atoms with Gasteiger partial charge in [-0.1, -0.05) is 13.8 Å². The minimum absolute atomic E-state index is 0.0525. The number of phenolic OH excluding ortho intramolecular Hbond substituents is 1. The Morgan fingerprint density at radius 2 is 1.75 bits per heavy atom. The summed E-state index contributed by atoms with van der Waals surface area (Å²) in [6, 6.07) is 0.465. The van der Waals surface area contributed by atoms with Crippen LogP contribution in [-0.2, 0) is 27.3 Å². The second-order valence-corrected chi connectivity index (χ2v) is 12.2. The fourth-order valence-electron chi connectivity index (χ4n) is 7.02. The topological polar surface area (TPSA) is 168 Å². The summed E-state index contributed by atoms with van der Waals surface area (Å²) in [7, 11) is 8.89. The van der Waals surface area contributed by atoms with Gasteiger partial charge in [0.15, 0.2) is 11.4 Å². The number of benzene rings is 1. The van der Waals surface area contributed by atoms with Crippen LogP contribution in [0.3, 0.4) is 0 Å². The Hall–Kier alpha value is -3.41. The van der Waals surface area contributed by atoms with Crippen molar-refractivity contribution in [3.63, 3.8) is 0 Å². The van der Waals surface area contributed by atoms with Crippen LogP contribution < -0.4 is 10.6 Å². The van der Waals surface area contributed by atoms with E-state index in [4.69, 9.17) is 5.73 Å². The molecule has 4 rings (SSSR count). The largest absolute Gasteiger partial charge is 0.508 e. The van der Waals surface area contributed by atoms with Gasteiger partial charge in [-0.15, -0.1) is 0 Å². The van der Waals surface area contributed by atoms with Crippen molar-refractivity contribution in [2.24, 2.45) is 23.5 Å². The molecule has 0 heterocycles. The highest BCUT2D eigenvalue weighted by molar-refractivity contribution is 6.24. The number of ketones is 2. The van der Waals surface area contributed by atoms with Crippen LogP contribution in [0.15, 0.2) is 23.0 Å². The Bertz CT molecular complexity index is 1350. The predicted octanol–water partition coefficient (Wildman–Crippen LogP) is 1.12. The van der Waals surface area contributed by atoms with Crippen molar-refractivity contribution >= 4 is 28.9 Å². The van der Waals surface area contributed by atoms with E-state index >= 15 is 0 Å². The van der Waals surface area contributed by atoms with Gasteiger partial charge in [-0.2, -0.15) is 0 Å². The Morgan fingerprint density at radius 3 is 2.27 bits per heavy atom. The smallest absolute Gasteiger partial charge is 0.255 e. The number of primary amides is 1. The van der Waals surface area contributed by atoms with Crippen molar-refractivity contribution in [2.75, 3.05) is 46.7 Å². The zero-order chi connectivity index (χ0) is 30.0. The number of likely N-dealkylation sites (N-methyl/N-ethyl adjacent to an activating group) is 1. The van der Waals surface area contributed by atoms with Crippen molar-refractivity contribution < 1.29 is 34.8 Å². The number of fused-ring (bicyclic) bond motifs is 3. The van der Waals surface area contributed by atoms with Gasteiger partial charge < -0.3 is 36.0 Å². The number of rotatable bonds is 7. The normalized spacial score (nSPS) is 26.4. The van der Waals surface area contributed by atoms with E-state index in [2.05, 4.69) is 18.7 Å². The fourth-order valence-corrected chi connectivity index (χ4v) is 7.02. The predicted molar refractivity (Wildman–Crippen MR) is 150 cm³/mol. The van der Waals surface area contributed by atoms with Gasteiger partial charge in [0.05, 0.1) is 11.6 Å². The molecule has 0 bridgehead atoms. The number of hydrogen-bond acceptors (Lipinski definition) is 10. The molecule has 11 nitrogen and oxygen atoms in total. The molecule has 11 heteroatoms. The van der Waals surface area contributed by atoms with E-state index in [9.17, 15) is 34.8 Å². The Labute approximate surface area is 234 Å². The molecule has 0 radical (unpaired) electrons. The molecule has 6 N–H and O–H groups in total. The van der Waals surface area contributed by atoms with E-state index in [1.807, 2.05) is 26.0 Å². The standard InChI is InChI=1S/C29H40N4O7/c1-13(2)11-33(7)12-15-10-18(34)20-16(22(15)31(3)4)8-14-9-17-23(32(5)6)25(36)21(28(30)39)27(38)29(17,40)26(37)19(14)24(20)35/h10,13-14,17,23,34-35,38,40H,8-9,11-12H2,1-7H3,(H2,30,39)/t14-,17-,23-,29-/m0/s1. The number of hydrogen-bond donors (Lipinski definition) is 5. The van der Waals surface area contributed by atoms with Crippen molar-refractivity contribution in [1.29, 1.82) is 0 Å². The lowest BCUT2D eigenvalue weighted by molar-refractivity contribution is -0.153. The van der Waals surface area contributed by atoms with E-state index in [1.165, 1.54) is 4.90 Å². The number of Topliss-reactive ketones (excluding diaryl/α,β-unsaturated/α-hetero) is 2. The van der Waals surface area contributed by atoms with Gasteiger partial charge in [-0.05, 0) is 63.0 Å². The summed E-state index contributed by atoms with van der Waals surface area (Å²) in [6.07, 6.45) is 0.300. The fraction of sp³-hybridized carbons (Fsp3) is 0.552. The molecule has 1 aromatic rings. The van der Waals surface area contributed by atoms with E-state index in [0.29, 0.717) is 18.0 Å². The summed E-state index contributed by atoms with van der Waals surface area (Å²) in [5.74, 6) is -6.12. The van der Waals surface area contributed by atoms with Crippen LogP contribution in [0.1, 0.15) is 37.0 Å². The molecule has 0 spiro atoms. The van der Waals surface area contributed by atoms with Gasteiger partial charge in [0.1, 0.15) is 22.8 Å². The van der Waals surface area contributed by atoms with Gasteiger partial charge in [0.25, 0.3) is 5.91 Å². The molecule has 0 saturated heterocycles. The lowest BCUT2D eigenvalue weighted by Crippen LogP contribution is -2.65. The van der Waals surface area contributed by atoms with E-state index in [1.54, 1.807) is 20.2 Å². The molecule has 1 fully saturated rings. The molecule has 3 aliphatic carbocycles. The van der Waals surface area contributed by atoms with E-state index < -0.39 is 58.0 Å². The summed E-state index contributed by atoms with van der Waals surface area (Å²) in [5, 5.41) is 45.3. The number of anilines is 1. The number of amides is 1. The Balaban J connectivity index is 1.93. The molecule has 0 aromatic heterocycles. The van der Waals surface area contributed by atoms with Crippen LogP contribution in [0.25, 0.3) is 5.76 Å². The number of aromatic hydroxyl groups is 1. The summed E-state index contributed by atoms with van der Waals surface area (Å²) >= 11 is 0. The van der Waals surface area contributed by atoms with Crippen LogP contribution in [0.5, 0.6) is 5.75 Å². The zero-order valence-electron chi connectivity index (χ0n) is 24.1. The molecule has 0 aliphatic heterocycles. The number of nitrogens with zero attached hydrogens (tertiary/aromatic N) is 3. The highest BCUT2D eigenvalue weighted by Gasteiger charge is 2.64. The van der Waals surface area contributed by atoms with Gasteiger partial charge >= 0.3 is 0 Å². The number of phenols is 1. The van der Waals surface area contributed by atoms with E-state index in [0.717, 1.165) is 17.8 Å². The minimum Gasteiger partial charge on any atom is -0.508 e. The Kier molecular flexibility index (Phi) is 7.55. The number of carbonyl (C=O) groups excluding carboxylic acids is 3. The van der Waals surface area contributed by atoms with Gasteiger partial charge in [-0.25, -0.2) is 0 Å². The maximum absolute atomic E-state index is 14.0. The molecule has 4 atom stereocenters. The first-order chi connectivity index (χ1) is 18.5. The third kappa shape index (κ3) is 4.36. The SMILES string of the molecule is CC(C)CN(C)Cc1cc(O)c2c(c1N(C)C)C[C@H]1C[C@H]3[C@H](N(C)C)C(=O)C(C(N)=O)=C(O)[C@@]3(O)C(=O)C1=C2O. The summed E-state index contributed by atoms with van der Waals surface area (Å²) in [6.45, 7) is 5.62. The van der Waals surface area contributed by atoms with Crippen LogP contribution in [-0.4, -0.2) is 101 Å². The van der Waals surface area contributed by atoms with Gasteiger partial charge in [0, 0.05) is 44.4 Å². The number of carbonyl (C=O) groups is 3. The quantitative estimate of drug-likeness (QED) is 0.307. The first-order valence-electron chi connectivity index (χ1n) is 13.4. The van der Waals surface area contributed by atoms with Crippen LogP contribution in [0.4, 0.5) is 5.69 Å². The molecular formula is C29H40N4O7. The third-order valence-corrected chi connectivity index (χ3v) is 8.34. The van der Waals surface area contributed by atoms with E-state index in [-0.39, 0.29) is 29.7 Å². The molecular weight excluding hydrogens is 516 g/mol. The first kappa shape index (κ1) is 29.6. The highest BCUT2D eigenvalue weighted by atomic mass is 16.3. The molecule has 1 aromatic carbocycles. The van der Waals surface area contributed by atoms with Crippen molar-refractivity contribution in [3.05, 3.63) is 39.7 Å². The van der Waals surface area contributed by atoms with Crippen molar-refractivity contribution in [3.8, 4) is 5.75 Å². The second kappa shape index (κ2) is 10.2. The molecule has 1 saturated carbocycles. The van der Waals surface area contributed by atoms with Gasteiger partial charge in [0.2, 0.25) is 5.78 Å². The monoisotopic (exact) mass is 556 g/mol. The maximum Gasteiger partial charge on any atom is 0.255 e. The maximum atomic E-state index is 14.0. The number of aliphatic hydroxyl groups excluding tert-OH is 2. The zero-order valence-corrected chi connectivity index (χ0v) is 24.1. The summed E-state index contributed by atoms with van der Waals surface area (Å²) in [4.78, 5) is 44.9. The average molecular weight is 557 g/mol. The number of nitrogens with two attached hydrogens (primary N) is 1. The molecule has 218 valence electrons. The third-order valence-electron chi connectivity index (χ3n) is 8.34. The average Bonchev–Trinajstić information content (AvgIpc) is 2.79. The first-order valence-corrected chi connectivity index (χ1v) is 13.4. The van der Waals surface area contributed by atoms with Crippen molar-refractivity contribution in [1.82, 2.24) is 9.80 Å². The van der Waals surface area contributed by atoms with Crippen LogP contribution in [0, 0.1) is 17.8 Å². The Morgan fingerprint density at radius 1 is 1.12 bits per heavy atom. The highest BCUT2D eigenvalue weighted by Crippen LogP contribution is 2.54. The summed E-state index contributed by atoms with van der Waals surface area (Å²) < 4.78 is 0. The molecule has 40 heavy (non-hydrogen) atoms. The second-order valence-electron chi connectivity index (χ2n) is 12.2. The molecule has 3 aliphatic rings. The van der Waals surface area contributed by atoms with Crippen LogP contribution in [0.2, 0.25) is 0 Å². The molecule has 1 amide bonds. The van der Waals surface area contributed by atoms with Gasteiger partial charge in [-0.3, -0.25) is 19.3 Å². The lowest BCUT2D eigenvalue weighted by atomic mass is 9.57. The lowest BCUT2D eigenvalue weighted by Gasteiger charge is -2.50. The van der Waals surface area contributed by atoms with Crippen LogP contribution >= 0.6 is 0 Å².